The highest BCUT2D eigenvalue weighted by Crippen LogP contribution is 2.49. The first-order chi connectivity index (χ1) is 18.8. The van der Waals surface area contributed by atoms with Crippen molar-refractivity contribution < 1.29 is 37.0 Å². The van der Waals surface area contributed by atoms with Gasteiger partial charge in [-0.15, -0.1) is 0 Å². The minimum atomic E-state index is -1.32. The predicted molar refractivity (Wildman–Crippen MR) is 132 cm³/mol. The maximum absolute atomic E-state index is 15.0. The van der Waals surface area contributed by atoms with E-state index in [1.165, 1.54) is 63.0 Å². The zero-order valence-electron chi connectivity index (χ0n) is 21.0. The van der Waals surface area contributed by atoms with Crippen LogP contribution in [0.4, 0.5) is 13.2 Å². The molecule has 2 heterocycles. The molecule has 0 atom stereocenters. The molecule has 5 rings (SSSR count). The summed E-state index contributed by atoms with van der Waals surface area (Å²) in [4.78, 5) is 38.2. The SMILES string of the molecule is COc1cc2ncnc(Oc3ccc(CC(=O)C4(C(=O)Cc5ccc(F)cc5)CC4)c(F)c3F)c2nc1OC. The number of carbonyl (C=O) groups excluding carboxylic acids is 2. The van der Waals surface area contributed by atoms with E-state index in [4.69, 9.17) is 14.2 Å². The highest BCUT2D eigenvalue weighted by Gasteiger charge is 2.54. The van der Waals surface area contributed by atoms with Gasteiger partial charge in [0.05, 0.1) is 19.6 Å². The molecule has 2 aromatic carbocycles. The fraction of sp³-hybridized carbons (Fsp3) is 0.250. The Balaban J connectivity index is 1.35. The van der Waals surface area contributed by atoms with Gasteiger partial charge in [0.1, 0.15) is 17.7 Å². The molecule has 200 valence electrons. The third kappa shape index (κ3) is 4.99. The van der Waals surface area contributed by atoms with Gasteiger partial charge in [0, 0.05) is 18.9 Å². The number of rotatable bonds is 10. The number of ether oxygens (including phenoxy) is 3. The predicted octanol–water partition coefficient (Wildman–Crippen LogP) is 4.96. The maximum atomic E-state index is 15.0. The monoisotopic (exact) mass is 537 g/mol. The van der Waals surface area contributed by atoms with Gasteiger partial charge in [0.25, 0.3) is 5.88 Å². The lowest BCUT2D eigenvalue weighted by molar-refractivity contribution is -0.133. The van der Waals surface area contributed by atoms with Crippen molar-refractivity contribution >= 4 is 22.6 Å². The first-order valence-electron chi connectivity index (χ1n) is 11.9. The average Bonchev–Trinajstić information content (AvgIpc) is 3.76. The summed E-state index contributed by atoms with van der Waals surface area (Å²) in [5, 5.41) is 0. The number of fused-ring (bicyclic) bond motifs is 1. The molecule has 0 spiro atoms. The molecule has 2 aromatic heterocycles. The number of carbonyl (C=O) groups is 2. The van der Waals surface area contributed by atoms with E-state index in [0.29, 0.717) is 29.7 Å². The maximum Gasteiger partial charge on any atom is 0.257 e. The number of hydrogen-bond acceptors (Lipinski definition) is 8. The highest BCUT2D eigenvalue weighted by molar-refractivity contribution is 6.11. The summed E-state index contributed by atoms with van der Waals surface area (Å²) in [5.41, 5.74) is -0.423. The molecule has 1 saturated carbocycles. The van der Waals surface area contributed by atoms with Crippen LogP contribution >= 0.6 is 0 Å². The molecular formula is C28H22F3N3O5. The Bertz CT molecular complexity index is 1590. The lowest BCUT2D eigenvalue weighted by atomic mass is 9.87. The topological polar surface area (TPSA) is 101 Å². The lowest BCUT2D eigenvalue weighted by Crippen LogP contribution is -2.29. The van der Waals surface area contributed by atoms with Crippen LogP contribution in [0.15, 0.2) is 48.8 Å². The van der Waals surface area contributed by atoms with E-state index in [1.807, 2.05) is 0 Å². The first-order valence-corrected chi connectivity index (χ1v) is 11.9. The van der Waals surface area contributed by atoms with Gasteiger partial charge in [-0.05, 0) is 42.2 Å². The van der Waals surface area contributed by atoms with Crippen LogP contribution in [0, 0.1) is 22.9 Å². The molecule has 39 heavy (non-hydrogen) atoms. The smallest absolute Gasteiger partial charge is 0.257 e. The van der Waals surface area contributed by atoms with Crippen LogP contribution in [0.5, 0.6) is 23.3 Å². The van der Waals surface area contributed by atoms with Crippen molar-refractivity contribution in [3.05, 3.63) is 77.4 Å². The van der Waals surface area contributed by atoms with Gasteiger partial charge >= 0.3 is 0 Å². The van der Waals surface area contributed by atoms with Crippen LogP contribution in [0.3, 0.4) is 0 Å². The van der Waals surface area contributed by atoms with E-state index in [9.17, 15) is 14.0 Å². The van der Waals surface area contributed by atoms with Crippen molar-refractivity contribution in [3.8, 4) is 23.3 Å². The number of hydrogen-bond donors (Lipinski definition) is 0. The Hall–Kier alpha value is -4.54. The number of halogens is 3. The second-order valence-corrected chi connectivity index (χ2v) is 9.11. The van der Waals surface area contributed by atoms with E-state index in [0.717, 1.165) is 0 Å². The molecule has 8 nitrogen and oxygen atoms in total. The average molecular weight is 537 g/mol. The molecule has 1 aliphatic rings. The van der Waals surface area contributed by atoms with E-state index in [2.05, 4.69) is 15.0 Å². The zero-order valence-corrected chi connectivity index (χ0v) is 21.0. The molecule has 0 aliphatic heterocycles. The second-order valence-electron chi connectivity index (χ2n) is 9.11. The van der Waals surface area contributed by atoms with Gasteiger partial charge in [-0.1, -0.05) is 18.2 Å². The summed E-state index contributed by atoms with van der Waals surface area (Å²) in [6.45, 7) is 0. The summed E-state index contributed by atoms with van der Waals surface area (Å²) in [7, 11) is 2.82. The number of Topliss-reactive ketones (excluding diaryl/α,β-unsaturated/α-hetero) is 2. The first kappa shape index (κ1) is 26.1. The van der Waals surface area contributed by atoms with Crippen LogP contribution < -0.4 is 14.2 Å². The van der Waals surface area contributed by atoms with Crippen LogP contribution in [-0.4, -0.2) is 40.7 Å². The summed E-state index contributed by atoms with van der Waals surface area (Å²) in [6, 6.07) is 9.36. The lowest BCUT2D eigenvalue weighted by Gasteiger charge is -2.15. The summed E-state index contributed by atoms with van der Waals surface area (Å²) in [6.07, 6.45) is 1.32. The molecule has 4 aromatic rings. The van der Waals surface area contributed by atoms with Crippen LogP contribution in [0.2, 0.25) is 0 Å². The van der Waals surface area contributed by atoms with E-state index >= 15 is 8.78 Å². The Kier molecular flexibility index (Phi) is 6.90. The molecule has 0 amide bonds. The molecule has 0 unspecified atom stereocenters. The summed E-state index contributed by atoms with van der Waals surface area (Å²) >= 11 is 0. The number of nitrogens with zero attached hydrogens (tertiary/aromatic N) is 3. The number of pyridine rings is 1. The second kappa shape index (κ2) is 10.3. The van der Waals surface area contributed by atoms with Gasteiger partial charge in [-0.3, -0.25) is 9.59 Å². The van der Waals surface area contributed by atoms with Crippen molar-refractivity contribution in [3.63, 3.8) is 0 Å². The van der Waals surface area contributed by atoms with Crippen molar-refractivity contribution in [2.45, 2.75) is 25.7 Å². The number of ketones is 2. The Morgan fingerprint density at radius 3 is 2.23 bits per heavy atom. The molecule has 0 N–H and O–H groups in total. The molecule has 0 saturated heterocycles. The molecular weight excluding hydrogens is 515 g/mol. The van der Waals surface area contributed by atoms with E-state index in [-0.39, 0.29) is 35.0 Å². The highest BCUT2D eigenvalue weighted by atomic mass is 19.2. The quantitative estimate of drug-likeness (QED) is 0.262. The Morgan fingerprint density at radius 2 is 1.56 bits per heavy atom. The van der Waals surface area contributed by atoms with Gasteiger partial charge in [-0.2, -0.15) is 9.37 Å². The van der Waals surface area contributed by atoms with Crippen molar-refractivity contribution in [1.82, 2.24) is 15.0 Å². The van der Waals surface area contributed by atoms with Crippen LogP contribution in [0.1, 0.15) is 24.0 Å². The van der Waals surface area contributed by atoms with Crippen molar-refractivity contribution in [2.75, 3.05) is 14.2 Å². The number of methoxy groups -OCH3 is 2. The fourth-order valence-electron chi connectivity index (χ4n) is 4.32. The molecule has 1 aliphatic carbocycles. The minimum Gasteiger partial charge on any atom is -0.491 e. The summed E-state index contributed by atoms with van der Waals surface area (Å²) in [5.74, 6) is -4.04. The standard InChI is InChI=1S/C28H22F3N3O5/c1-37-20-13-18-25(34-26(20)38-2)27(33-14-32-18)39-19-8-5-16(23(30)24(19)31)12-22(36)28(9-10-28)21(35)11-15-3-6-17(29)7-4-15/h3-8,13-14H,9-12H2,1-2H3. The zero-order chi connectivity index (χ0) is 27.7. The third-order valence-electron chi connectivity index (χ3n) is 6.70. The minimum absolute atomic E-state index is 0.0484. The Morgan fingerprint density at radius 1 is 0.846 bits per heavy atom. The van der Waals surface area contributed by atoms with Crippen LogP contribution in [0.25, 0.3) is 11.0 Å². The number of aromatic nitrogens is 3. The van der Waals surface area contributed by atoms with Crippen molar-refractivity contribution in [1.29, 1.82) is 0 Å². The van der Waals surface area contributed by atoms with Crippen molar-refractivity contribution in [2.24, 2.45) is 5.41 Å². The Labute approximate surface area is 220 Å². The van der Waals surface area contributed by atoms with E-state index < -0.39 is 40.8 Å². The largest absolute Gasteiger partial charge is 0.491 e. The molecule has 0 radical (unpaired) electrons. The van der Waals surface area contributed by atoms with Gasteiger partial charge in [0.2, 0.25) is 11.7 Å². The normalized spacial score (nSPS) is 13.7. The molecule has 0 bridgehead atoms. The molecule has 11 heteroatoms. The van der Waals surface area contributed by atoms with Gasteiger partial charge < -0.3 is 14.2 Å². The third-order valence-corrected chi connectivity index (χ3v) is 6.70. The van der Waals surface area contributed by atoms with Gasteiger partial charge in [0.15, 0.2) is 34.4 Å². The van der Waals surface area contributed by atoms with Crippen LogP contribution in [-0.2, 0) is 22.4 Å². The van der Waals surface area contributed by atoms with Gasteiger partial charge in [-0.25, -0.2) is 18.7 Å². The van der Waals surface area contributed by atoms with E-state index in [1.54, 1.807) is 0 Å². The number of benzene rings is 2. The summed E-state index contributed by atoms with van der Waals surface area (Å²) < 4.78 is 59.1. The fourth-order valence-corrected chi connectivity index (χ4v) is 4.32. The molecule has 1 fully saturated rings.